The first kappa shape index (κ1) is 16.1. The molecule has 0 N–H and O–H groups in total. The number of hydrogen-bond donors (Lipinski definition) is 0. The Morgan fingerprint density at radius 2 is 1.58 bits per heavy atom. The number of carbonyl (C=O) groups is 1. The number of methoxy groups -OCH3 is 1. The highest BCUT2D eigenvalue weighted by Crippen LogP contribution is 2.32. The van der Waals surface area contributed by atoms with Crippen LogP contribution in [0.2, 0.25) is 0 Å². The van der Waals surface area contributed by atoms with E-state index in [2.05, 4.69) is 4.99 Å². The standard InChI is InChI=1S/C22H18N2O2/c1-26-18-13-11-17(12-14-18)23-21-19-9-5-6-10-20(19)24(22(21)25)15-16-7-3-2-4-8-16/h2-14H,15H2,1H3. The van der Waals surface area contributed by atoms with Gasteiger partial charge in [0.25, 0.3) is 5.91 Å². The van der Waals surface area contributed by atoms with Crippen LogP contribution < -0.4 is 9.64 Å². The molecule has 1 aliphatic rings. The Labute approximate surface area is 152 Å². The lowest BCUT2D eigenvalue weighted by atomic mass is 10.1. The number of para-hydroxylation sites is 1. The first-order valence-corrected chi connectivity index (χ1v) is 8.44. The fourth-order valence-electron chi connectivity index (χ4n) is 3.08. The number of fused-ring (bicyclic) bond motifs is 1. The Kier molecular flexibility index (Phi) is 4.23. The molecule has 3 aromatic rings. The molecule has 128 valence electrons. The summed E-state index contributed by atoms with van der Waals surface area (Å²) in [5.74, 6) is 0.684. The van der Waals surface area contributed by atoms with Crippen LogP contribution in [0, 0.1) is 0 Å². The summed E-state index contributed by atoms with van der Waals surface area (Å²) < 4.78 is 5.18. The van der Waals surface area contributed by atoms with Gasteiger partial charge >= 0.3 is 0 Å². The van der Waals surface area contributed by atoms with Crippen molar-refractivity contribution in [3.63, 3.8) is 0 Å². The largest absolute Gasteiger partial charge is 0.497 e. The normalized spacial score (nSPS) is 14.6. The quantitative estimate of drug-likeness (QED) is 0.707. The van der Waals surface area contributed by atoms with E-state index in [0.29, 0.717) is 12.3 Å². The van der Waals surface area contributed by atoms with Crippen molar-refractivity contribution in [2.75, 3.05) is 12.0 Å². The lowest BCUT2D eigenvalue weighted by Crippen LogP contribution is -2.29. The summed E-state index contributed by atoms with van der Waals surface area (Å²) in [6.07, 6.45) is 0. The van der Waals surface area contributed by atoms with Crippen LogP contribution in [0.25, 0.3) is 0 Å². The molecule has 4 heteroatoms. The molecule has 4 nitrogen and oxygen atoms in total. The van der Waals surface area contributed by atoms with Gasteiger partial charge in [0.15, 0.2) is 0 Å². The Morgan fingerprint density at radius 3 is 2.31 bits per heavy atom. The Hall–Kier alpha value is -3.40. The number of hydrogen-bond acceptors (Lipinski definition) is 3. The van der Waals surface area contributed by atoms with Crippen molar-refractivity contribution in [2.45, 2.75) is 6.54 Å². The molecule has 0 atom stereocenters. The lowest BCUT2D eigenvalue weighted by molar-refractivity contribution is -0.112. The van der Waals surface area contributed by atoms with Gasteiger partial charge in [0.05, 0.1) is 25.0 Å². The van der Waals surface area contributed by atoms with Gasteiger partial charge in [-0.05, 0) is 35.9 Å². The minimum Gasteiger partial charge on any atom is -0.497 e. The summed E-state index contributed by atoms with van der Waals surface area (Å²) in [5, 5.41) is 0. The predicted molar refractivity (Wildman–Crippen MR) is 103 cm³/mol. The van der Waals surface area contributed by atoms with E-state index in [4.69, 9.17) is 4.74 Å². The van der Waals surface area contributed by atoms with Crippen LogP contribution in [0.4, 0.5) is 11.4 Å². The van der Waals surface area contributed by atoms with Gasteiger partial charge in [0.2, 0.25) is 0 Å². The second kappa shape index (κ2) is 6.84. The lowest BCUT2D eigenvalue weighted by Gasteiger charge is -2.16. The molecule has 0 radical (unpaired) electrons. The third-order valence-electron chi connectivity index (χ3n) is 4.39. The first-order valence-electron chi connectivity index (χ1n) is 8.44. The molecule has 0 aromatic heterocycles. The van der Waals surface area contributed by atoms with E-state index < -0.39 is 0 Å². The van der Waals surface area contributed by atoms with E-state index in [0.717, 1.165) is 28.3 Å². The number of aliphatic imine (C=N–C) groups is 1. The molecule has 26 heavy (non-hydrogen) atoms. The number of benzene rings is 3. The van der Waals surface area contributed by atoms with Crippen molar-refractivity contribution in [3.8, 4) is 5.75 Å². The van der Waals surface area contributed by atoms with Gasteiger partial charge in [0.1, 0.15) is 11.5 Å². The van der Waals surface area contributed by atoms with Crippen LogP contribution in [-0.2, 0) is 11.3 Å². The summed E-state index contributed by atoms with van der Waals surface area (Å²) in [5.41, 5.74) is 4.05. The van der Waals surface area contributed by atoms with Gasteiger partial charge < -0.3 is 9.64 Å². The van der Waals surface area contributed by atoms with E-state index in [-0.39, 0.29) is 5.91 Å². The monoisotopic (exact) mass is 342 g/mol. The molecule has 0 saturated heterocycles. The zero-order valence-electron chi connectivity index (χ0n) is 14.4. The molecule has 0 saturated carbocycles. The minimum atomic E-state index is -0.0779. The van der Waals surface area contributed by atoms with Crippen LogP contribution in [0.1, 0.15) is 11.1 Å². The Bertz CT molecular complexity index is 963. The summed E-state index contributed by atoms with van der Waals surface area (Å²) in [7, 11) is 1.62. The SMILES string of the molecule is COc1ccc(N=C2C(=O)N(Cc3ccccc3)c3ccccc32)cc1. The maximum atomic E-state index is 13.1. The van der Waals surface area contributed by atoms with Crippen LogP contribution >= 0.6 is 0 Å². The third kappa shape index (κ3) is 2.97. The predicted octanol–water partition coefficient (Wildman–Crippen LogP) is 4.36. The van der Waals surface area contributed by atoms with Crippen molar-refractivity contribution in [2.24, 2.45) is 4.99 Å². The van der Waals surface area contributed by atoms with Crippen LogP contribution in [0.5, 0.6) is 5.75 Å². The Morgan fingerprint density at radius 1 is 0.885 bits per heavy atom. The molecule has 3 aromatic carbocycles. The zero-order valence-corrected chi connectivity index (χ0v) is 14.4. The number of anilines is 1. The second-order valence-corrected chi connectivity index (χ2v) is 6.05. The molecule has 1 heterocycles. The van der Waals surface area contributed by atoms with Crippen molar-refractivity contribution >= 4 is 23.0 Å². The number of rotatable bonds is 4. The molecule has 1 aliphatic heterocycles. The molecular weight excluding hydrogens is 324 g/mol. The molecule has 0 unspecified atom stereocenters. The molecule has 1 amide bonds. The van der Waals surface area contributed by atoms with Crippen LogP contribution in [0.15, 0.2) is 83.9 Å². The average Bonchev–Trinajstić information content (AvgIpc) is 2.95. The molecule has 4 rings (SSSR count). The molecule has 0 fully saturated rings. The first-order chi connectivity index (χ1) is 12.8. The van der Waals surface area contributed by atoms with Crippen molar-refractivity contribution in [1.82, 2.24) is 0 Å². The van der Waals surface area contributed by atoms with Gasteiger partial charge in [-0.3, -0.25) is 4.79 Å². The number of nitrogens with zero attached hydrogens (tertiary/aromatic N) is 2. The van der Waals surface area contributed by atoms with Gasteiger partial charge in [0, 0.05) is 5.56 Å². The topological polar surface area (TPSA) is 41.9 Å². The van der Waals surface area contributed by atoms with E-state index in [9.17, 15) is 4.79 Å². The fourth-order valence-corrected chi connectivity index (χ4v) is 3.08. The summed E-state index contributed by atoms with van der Waals surface area (Å²) in [6, 6.07) is 25.1. The molecule has 0 spiro atoms. The molecule has 0 aliphatic carbocycles. The van der Waals surface area contributed by atoms with E-state index in [1.807, 2.05) is 78.9 Å². The highest BCUT2D eigenvalue weighted by Gasteiger charge is 2.33. The summed E-state index contributed by atoms with van der Waals surface area (Å²) >= 11 is 0. The maximum Gasteiger partial charge on any atom is 0.277 e. The zero-order chi connectivity index (χ0) is 17.9. The average molecular weight is 342 g/mol. The fraction of sp³-hybridized carbons (Fsp3) is 0.0909. The summed E-state index contributed by atoms with van der Waals surface area (Å²) in [6.45, 7) is 0.526. The molecule has 0 bridgehead atoms. The van der Waals surface area contributed by atoms with Gasteiger partial charge in [-0.2, -0.15) is 0 Å². The number of carbonyl (C=O) groups excluding carboxylic acids is 1. The Balaban J connectivity index is 1.72. The number of ether oxygens (including phenoxy) is 1. The van der Waals surface area contributed by atoms with Crippen molar-refractivity contribution < 1.29 is 9.53 Å². The smallest absolute Gasteiger partial charge is 0.277 e. The van der Waals surface area contributed by atoms with E-state index in [1.54, 1.807) is 12.0 Å². The highest BCUT2D eigenvalue weighted by atomic mass is 16.5. The van der Waals surface area contributed by atoms with Gasteiger partial charge in [-0.25, -0.2) is 4.99 Å². The van der Waals surface area contributed by atoms with Crippen LogP contribution in [0.3, 0.4) is 0 Å². The number of amides is 1. The second-order valence-electron chi connectivity index (χ2n) is 6.05. The van der Waals surface area contributed by atoms with E-state index in [1.165, 1.54) is 0 Å². The maximum absolute atomic E-state index is 13.1. The third-order valence-corrected chi connectivity index (χ3v) is 4.39. The molecular formula is C22H18N2O2. The van der Waals surface area contributed by atoms with Crippen molar-refractivity contribution in [1.29, 1.82) is 0 Å². The van der Waals surface area contributed by atoms with Gasteiger partial charge in [-0.1, -0.05) is 48.5 Å². The van der Waals surface area contributed by atoms with Crippen LogP contribution in [-0.4, -0.2) is 18.7 Å². The van der Waals surface area contributed by atoms with Crippen molar-refractivity contribution in [3.05, 3.63) is 90.0 Å². The summed E-state index contributed by atoms with van der Waals surface area (Å²) in [4.78, 5) is 19.5. The minimum absolute atomic E-state index is 0.0779. The highest BCUT2D eigenvalue weighted by molar-refractivity contribution is 6.54. The van der Waals surface area contributed by atoms with E-state index >= 15 is 0 Å². The van der Waals surface area contributed by atoms with Gasteiger partial charge in [-0.15, -0.1) is 0 Å².